The molecule has 3 aromatic carbocycles. The third-order valence-corrected chi connectivity index (χ3v) is 7.69. The zero-order chi connectivity index (χ0) is 31.0. The first-order valence-corrected chi connectivity index (χ1v) is 14.9. The summed E-state index contributed by atoms with van der Waals surface area (Å²) in [6, 6.07) is 40.5. The van der Waals surface area contributed by atoms with Crippen molar-refractivity contribution in [3.63, 3.8) is 0 Å². The Morgan fingerprint density at radius 2 is 1.57 bits per heavy atom. The van der Waals surface area contributed by atoms with Crippen LogP contribution in [-0.2, 0) is 25.5 Å². The molecule has 8 aromatic rings. The molecule has 0 aliphatic carbocycles. The van der Waals surface area contributed by atoms with Gasteiger partial charge in [-0.2, -0.15) is 0 Å². The Balaban J connectivity index is 0.000000241. The summed E-state index contributed by atoms with van der Waals surface area (Å²) in [5.41, 5.74) is 8.84. The molecule has 5 aromatic heterocycles. The summed E-state index contributed by atoms with van der Waals surface area (Å²) in [5, 5.41) is 1.99. The molecule has 7 heteroatoms. The van der Waals surface area contributed by atoms with Gasteiger partial charge in [0.1, 0.15) is 0 Å². The summed E-state index contributed by atoms with van der Waals surface area (Å²) in [5.74, 6) is 0.746. The van der Waals surface area contributed by atoms with Gasteiger partial charge in [0.25, 0.3) is 0 Å². The number of pyridine rings is 3. The largest absolute Gasteiger partial charge is 0.486 e. The van der Waals surface area contributed by atoms with E-state index in [4.69, 9.17) is 14.4 Å². The van der Waals surface area contributed by atoms with Gasteiger partial charge in [-0.15, -0.1) is 54.1 Å². The number of aryl methyl sites for hydroxylation is 1. The van der Waals surface area contributed by atoms with E-state index in [1.165, 1.54) is 0 Å². The van der Waals surface area contributed by atoms with Crippen LogP contribution in [0.5, 0.6) is 0 Å². The Hall–Kier alpha value is -4.97. The molecule has 0 atom stereocenters. The van der Waals surface area contributed by atoms with Crippen molar-refractivity contribution in [2.24, 2.45) is 0 Å². The minimum absolute atomic E-state index is 0. The van der Waals surface area contributed by atoms with Crippen LogP contribution in [0.15, 0.2) is 120 Å². The Morgan fingerprint density at radius 3 is 2.30 bits per heavy atom. The zero-order valence-corrected chi connectivity index (χ0v) is 28.3. The van der Waals surface area contributed by atoms with Crippen molar-refractivity contribution in [3.8, 4) is 28.3 Å². The van der Waals surface area contributed by atoms with Crippen LogP contribution < -0.4 is 0 Å². The van der Waals surface area contributed by atoms with Gasteiger partial charge in [-0.25, -0.2) is 9.97 Å². The topological polar surface area (TPSA) is 69.6 Å². The third kappa shape index (κ3) is 6.00. The molecule has 0 unspecified atom stereocenters. The number of benzene rings is 3. The standard InChI is InChI=1S/C28H23N4O.C11H8N.Ir/c1-17-13-14-21-20-11-8-12-22(24(20)33-27(21)30-17)25-31-23-15-18(28(2,3)4)16-29-26(23)32(25)19-9-6-5-7-10-19;1-2-6-10(7-3-1)11-8-4-5-9-12-11;/h5-11,13-16H,1-4H3;1-6,8-9H;/q2*-1;. The number of hydrogen-bond donors (Lipinski definition) is 0. The predicted octanol–water partition coefficient (Wildman–Crippen LogP) is 9.33. The Labute approximate surface area is 281 Å². The molecule has 0 saturated carbocycles. The van der Waals surface area contributed by atoms with Crippen LogP contribution in [0.1, 0.15) is 32.0 Å². The van der Waals surface area contributed by atoms with Crippen LogP contribution in [0.4, 0.5) is 0 Å². The summed E-state index contributed by atoms with van der Waals surface area (Å²) >= 11 is 0. The normalized spacial score (nSPS) is 11.3. The second-order valence-corrected chi connectivity index (χ2v) is 11.9. The molecule has 0 saturated heterocycles. The van der Waals surface area contributed by atoms with Gasteiger partial charge < -0.3 is 14.0 Å². The van der Waals surface area contributed by atoms with Crippen molar-refractivity contribution in [2.75, 3.05) is 0 Å². The zero-order valence-electron chi connectivity index (χ0n) is 25.9. The van der Waals surface area contributed by atoms with E-state index in [-0.39, 0.29) is 25.5 Å². The van der Waals surface area contributed by atoms with Crippen LogP contribution in [0.3, 0.4) is 0 Å². The molecule has 0 aliphatic rings. The number of fused-ring (bicyclic) bond motifs is 4. The maximum Gasteiger partial charge on any atom is 0.216 e. The number of hydrogen-bond acceptors (Lipinski definition) is 5. The van der Waals surface area contributed by atoms with E-state index in [1.807, 2.05) is 92.0 Å². The Kier molecular flexibility index (Phi) is 8.63. The number of imidazole rings is 1. The second-order valence-electron chi connectivity index (χ2n) is 11.9. The van der Waals surface area contributed by atoms with Crippen molar-refractivity contribution in [2.45, 2.75) is 33.1 Å². The van der Waals surface area contributed by atoms with E-state index < -0.39 is 0 Å². The van der Waals surface area contributed by atoms with Crippen LogP contribution in [0, 0.1) is 19.1 Å². The minimum Gasteiger partial charge on any atom is -0.486 e. The molecule has 0 amide bonds. The summed E-state index contributed by atoms with van der Waals surface area (Å²) in [7, 11) is 0. The van der Waals surface area contributed by atoms with E-state index in [0.717, 1.165) is 67.1 Å². The number of para-hydroxylation sites is 1. The van der Waals surface area contributed by atoms with Gasteiger partial charge in [-0.1, -0.05) is 62.1 Å². The summed E-state index contributed by atoms with van der Waals surface area (Å²) in [4.78, 5) is 18.7. The third-order valence-electron chi connectivity index (χ3n) is 7.69. The first-order valence-electron chi connectivity index (χ1n) is 14.9. The van der Waals surface area contributed by atoms with E-state index >= 15 is 0 Å². The van der Waals surface area contributed by atoms with Gasteiger partial charge in [0.2, 0.25) is 5.71 Å². The summed E-state index contributed by atoms with van der Waals surface area (Å²) in [6.45, 7) is 8.52. The van der Waals surface area contributed by atoms with Crippen molar-refractivity contribution in [1.29, 1.82) is 0 Å². The average molecular weight is 778 g/mol. The number of furan rings is 1. The van der Waals surface area contributed by atoms with E-state index in [9.17, 15) is 0 Å². The van der Waals surface area contributed by atoms with E-state index in [1.54, 1.807) is 6.20 Å². The Bertz CT molecular complexity index is 2220. The molecule has 0 N–H and O–H groups in total. The summed E-state index contributed by atoms with van der Waals surface area (Å²) < 4.78 is 8.35. The molecule has 6 nitrogen and oxygen atoms in total. The number of nitrogens with zero attached hydrogens (tertiary/aromatic N) is 5. The minimum atomic E-state index is -0.0215. The average Bonchev–Trinajstić information content (AvgIpc) is 3.63. The van der Waals surface area contributed by atoms with Crippen molar-refractivity contribution >= 4 is 33.2 Å². The Morgan fingerprint density at radius 1 is 0.761 bits per heavy atom. The first kappa shape index (κ1) is 31.0. The van der Waals surface area contributed by atoms with Gasteiger partial charge in [-0.3, -0.25) is 4.98 Å². The van der Waals surface area contributed by atoms with Crippen LogP contribution >= 0.6 is 0 Å². The van der Waals surface area contributed by atoms with E-state index in [2.05, 4.69) is 71.7 Å². The van der Waals surface area contributed by atoms with Gasteiger partial charge in [0, 0.05) is 49.3 Å². The maximum atomic E-state index is 6.27. The SMILES string of the molecule is Cc1ccc2c(n1)oc1c(-c3nc4cc(C(C)(C)C)cnc4n3-c3ccccc3)[c-]ccc12.[Ir].[c-]1ccccc1-c1ccccn1. The van der Waals surface area contributed by atoms with Crippen molar-refractivity contribution in [1.82, 2.24) is 24.5 Å². The van der Waals surface area contributed by atoms with Gasteiger partial charge in [0.15, 0.2) is 5.65 Å². The monoisotopic (exact) mass is 778 g/mol. The van der Waals surface area contributed by atoms with Gasteiger partial charge >= 0.3 is 0 Å². The van der Waals surface area contributed by atoms with Gasteiger partial charge in [-0.05, 0) is 60.0 Å². The van der Waals surface area contributed by atoms with Gasteiger partial charge in [0.05, 0.1) is 16.9 Å². The smallest absolute Gasteiger partial charge is 0.216 e. The molecule has 46 heavy (non-hydrogen) atoms. The van der Waals surface area contributed by atoms with E-state index in [0.29, 0.717) is 5.71 Å². The fourth-order valence-electron chi connectivity index (χ4n) is 5.32. The van der Waals surface area contributed by atoms with Crippen LogP contribution in [0.2, 0.25) is 0 Å². The molecule has 229 valence electrons. The molecule has 8 rings (SSSR count). The summed E-state index contributed by atoms with van der Waals surface area (Å²) in [6.07, 6.45) is 3.74. The molecular weight excluding hydrogens is 747 g/mol. The predicted molar refractivity (Wildman–Crippen MR) is 180 cm³/mol. The van der Waals surface area contributed by atoms with Crippen LogP contribution in [0.25, 0.3) is 61.6 Å². The van der Waals surface area contributed by atoms with Crippen molar-refractivity contribution in [3.05, 3.63) is 139 Å². The molecule has 5 heterocycles. The first-order chi connectivity index (χ1) is 21.9. The fourth-order valence-corrected chi connectivity index (χ4v) is 5.32. The second kappa shape index (κ2) is 12.8. The number of aromatic nitrogens is 5. The molecule has 0 spiro atoms. The maximum absolute atomic E-state index is 6.27. The quantitative estimate of drug-likeness (QED) is 0.167. The van der Waals surface area contributed by atoms with Crippen LogP contribution in [-0.4, -0.2) is 24.5 Å². The molecule has 0 aliphatic heterocycles. The molecule has 0 fully saturated rings. The molecule has 1 radical (unpaired) electrons. The molecular formula is C39H31IrN5O-2. The fraction of sp³-hybridized carbons (Fsp3) is 0.128. The van der Waals surface area contributed by atoms with Crippen molar-refractivity contribution < 1.29 is 24.5 Å². The number of rotatable bonds is 3. The molecule has 0 bridgehead atoms.